The van der Waals surface area contributed by atoms with Crippen molar-refractivity contribution in [2.75, 3.05) is 26.2 Å². The van der Waals surface area contributed by atoms with Gasteiger partial charge < -0.3 is 29.5 Å². The molecule has 17 heteroatoms. The van der Waals surface area contributed by atoms with E-state index in [1.54, 1.807) is 45.0 Å². The molecule has 0 unspecified atom stereocenters. The molecule has 5 rings (SSSR count). The van der Waals surface area contributed by atoms with E-state index in [1.807, 2.05) is 0 Å². The van der Waals surface area contributed by atoms with E-state index in [-0.39, 0.29) is 70.5 Å². The Morgan fingerprint density at radius 3 is 2.29 bits per heavy atom. The number of likely N-dealkylation sites (tertiary alicyclic amines) is 2. The number of para-hydroxylation sites is 1. The molecule has 3 aromatic rings. The van der Waals surface area contributed by atoms with Crippen molar-refractivity contribution in [1.82, 2.24) is 14.8 Å². The highest BCUT2D eigenvalue weighted by molar-refractivity contribution is 7.10. The summed E-state index contributed by atoms with van der Waals surface area (Å²) in [6.45, 7) is 4.76. The van der Waals surface area contributed by atoms with Crippen LogP contribution in [0.2, 0.25) is 0 Å². The average Bonchev–Trinajstić information content (AvgIpc) is 3.61. The molecule has 4 heterocycles. The number of carboxylic acid groups (broad SMARTS) is 1. The Balaban J connectivity index is 1.47. The van der Waals surface area contributed by atoms with Crippen molar-refractivity contribution < 1.29 is 60.4 Å². The molecule has 300 valence electrons. The maximum absolute atomic E-state index is 14.9. The van der Waals surface area contributed by atoms with Crippen LogP contribution in [0.3, 0.4) is 0 Å². The lowest BCUT2D eigenvalue weighted by Gasteiger charge is -2.51. The summed E-state index contributed by atoms with van der Waals surface area (Å²) >= 11 is 0.357. The van der Waals surface area contributed by atoms with Gasteiger partial charge >= 0.3 is 18.3 Å². The molecular formula is C38H43F6N3O7S. The summed E-state index contributed by atoms with van der Waals surface area (Å²) in [5, 5.41) is 22.5. The third kappa shape index (κ3) is 8.87. The minimum Gasteiger partial charge on any atom is -0.493 e. The van der Waals surface area contributed by atoms with Gasteiger partial charge in [-0.25, -0.2) is 0 Å². The van der Waals surface area contributed by atoms with Gasteiger partial charge in [-0.3, -0.25) is 19.4 Å². The molecule has 2 aromatic heterocycles. The maximum Gasteiger partial charge on any atom is 0.425 e. The van der Waals surface area contributed by atoms with E-state index in [9.17, 15) is 50.9 Å². The smallest absolute Gasteiger partial charge is 0.425 e. The van der Waals surface area contributed by atoms with Crippen molar-refractivity contribution in [3.63, 3.8) is 0 Å². The number of pyridine rings is 1. The number of ether oxygens (including phenoxy) is 2. The van der Waals surface area contributed by atoms with E-state index in [0.29, 0.717) is 29.1 Å². The fraction of sp³-hybridized carbons (Fsp3) is 0.526. The van der Waals surface area contributed by atoms with Crippen LogP contribution in [-0.2, 0) is 27.5 Å². The van der Waals surface area contributed by atoms with Crippen molar-refractivity contribution >= 4 is 29.1 Å². The van der Waals surface area contributed by atoms with Crippen molar-refractivity contribution in [3.05, 3.63) is 75.7 Å². The van der Waals surface area contributed by atoms with Crippen molar-refractivity contribution in [2.24, 2.45) is 5.41 Å². The van der Waals surface area contributed by atoms with E-state index in [2.05, 4.69) is 4.98 Å². The second kappa shape index (κ2) is 16.0. The summed E-state index contributed by atoms with van der Waals surface area (Å²) in [6.07, 6.45) is -8.00. The number of benzene rings is 1. The van der Waals surface area contributed by atoms with Crippen LogP contribution in [0.5, 0.6) is 11.5 Å². The molecule has 10 nitrogen and oxygen atoms in total. The number of carbonyl (C=O) groups is 3. The van der Waals surface area contributed by atoms with Gasteiger partial charge in [0.15, 0.2) is 0 Å². The van der Waals surface area contributed by atoms with Gasteiger partial charge in [-0.05, 0) is 64.2 Å². The van der Waals surface area contributed by atoms with Gasteiger partial charge in [-0.15, -0.1) is 11.3 Å². The van der Waals surface area contributed by atoms with Gasteiger partial charge in [0.2, 0.25) is 5.60 Å². The highest BCUT2D eigenvalue weighted by Gasteiger charge is 2.57. The lowest BCUT2D eigenvalue weighted by Crippen LogP contribution is -2.68. The largest absolute Gasteiger partial charge is 0.493 e. The van der Waals surface area contributed by atoms with E-state index < -0.39 is 68.9 Å². The fourth-order valence-electron chi connectivity index (χ4n) is 7.19. The lowest BCUT2D eigenvalue weighted by molar-refractivity contribution is -0.163. The molecular weight excluding hydrogens is 756 g/mol. The molecule has 2 amide bonds. The van der Waals surface area contributed by atoms with Gasteiger partial charge in [-0.1, -0.05) is 31.5 Å². The van der Waals surface area contributed by atoms with Gasteiger partial charge in [0.1, 0.15) is 22.1 Å². The second-order valence-corrected chi connectivity index (χ2v) is 15.5. The zero-order valence-electron chi connectivity index (χ0n) is 30.5. The summed E-state index contributed by atoms with van der Waals surface area (Å²) in [7, 11) is 0. The highest BCUT2D eigenvalue weighted by Crippen LogP contribution is 2.44. The first-order valence-electron chi connectivity index (χ1n) is 17.9. The molecule has 2 aliphatic heterocycles. The van der Waals surface area contributed by atoms with Crippen LogP contribution in [0, 0.1) is 5.41 Å². The first-order valence-corrected chi connectivity index (χ1v) is 18.8. The summed E-state index contributed by atoms with van der Waals surface area (Å²) in [6, 6.07) is 8.05. The third-order valence-electron chi connectivity index (χ3n) is 10.3. The van der Waals surface area contributed by atoms with Crippen LogP contribution in [0.25, 0.3) is 0 Å². The molecule has 2 N–H and O–H groups in total. The molecule has 0 spiro atoms. The van der Waals surface area contributed by atoms with E-state index in [1.165, 1.54) is 4.90 Å². The number of carboxylic acids is 1. The number of piperidine rings is 2. The Morgan fingerprint density at radius 1 is 0.982 bits per heavy atom. The number of aliphatic hydroxyl groups is 1. The van der Waals surface area contributed by atoms with Crippen LogP contribution < -0.4 is 9.47 Å². The summed E-state index contributed by atoms with van der Waals surface area (Å²) in [5.74, 6) is -2.70. The molecule has 2 atom stereocenters. The highest BCUT2D eigenvalue weighted by atomic mass is 32.1. The predicted octanol–water partition coefficient (Wildman–Crippen LogP) is 7.79. The van der Waals surface area contributed by atoms with Crippen molar-refractivity contribution in [2.45, 2.75) is 95.3 Å². The Bertz CT molecular complexity index is 1860. The van der Waals surface area contributed by atoms with E-state index in [0.717, 1.165) is 34.7 Å². The number of thiophene rings is 1. The quantitative estimate of drug-likeness (QED) is 0.178. The minimum absolute atomic E-state index is 0.00352. The average molecular weight is 800 g/mol. The number of alkyl halides is 6. The van der Waals surface area contributed by atoms with Gasteiger partial charge in [-0.2, -0.15) is 26.3 Å². The number of hydrogen-bond donors (Lipinski definition) is 2. The summed E-state index contributed by atoms with van der Waals surface area (Å²) in [4.78, 5) is 45.8. The third-order valence-corrected chi connectivity index (χ3v) is 11.3. The van der Waals surface area contributed by atoms with Crippen LogP contribution in [0.4, 0.5) is 26.3 Å². The SMILES string of the molecule is CCC[C@H]1N(C(=O)c2ncccc2C(F)(F)F)CCC[C@@]1(Oc1csc(C(F)(F)F)c1)C(=O)N1CCC(O)(c2ccccc2OCCC(C)(C)C(=O)O)CC1. The predicted molar refractivity (Wildman–Crippen MR) is 189 cm³/mol. The molecule has 2 aliphatic rings. The second-order valence-electron chi connectivity index (χ2n) is 14.5. The molecule has 0 saturated carbocycles. The zero-order chi connectivity index (χ0) is 40.4. The normalized spacial score (nSPS) is 20.6. The van der Waals surface area contributed by atoms with E-state index in [4.69, 9.17) is 9.47 Å². The first kappa shape index (κ1) is 41.8. The Morgan fingerprint density at radius 2 is 1.67 bits per heavy atom. The molecule has 2 fully saturated rings. The van der Waals surface area contributed by atoms with Crippen LogP contribution in [-0.4, -0.2) is 80.7 Å². The number of halogens is 6. The fourth-order valence-corrected chi connectivity index (χ4v) is 7.87. The molecule has 1 aromatic carbocycles. The van der Waals surface area contributed by atoms with Crippen molar-refractivity contribution in [3.8, 4) is 11.5 Å². The molecule has 0 bridgehead atoms. The standard InChI is InChI=1S/C38H43F6N3O7S/c1-4-9-28-36(54-24-22-29(55-23-24)38(42,43)44,13-8-18-47(28)31(48)30-26(37(39,40)41)11-7-17-45-30)32(49)46-19-14-35(52,15-20-46)25-10-5-6-12-27(25)53-21-16-34(2,3)33(50)51/h5-7,10-12,17,22-23,28,52H,4,8-9,13-16,18-21H2,1-3H3,(H,50,51)/t28-,36+/m1/s1. The molecule has 55 heavy (non-hydrogen) atoms. The van der Waals surface area contributed by atoms with E-state index >= 15 is 0 Å². The minimum atomic E-state index is -4.92. The number of rotatable bonds is 12. The van der Waals surface area contributed by atoms with Gasteiger partial charge in [0.25, 0.3) is 11.8 Å². The van der Waals surface area contributed by atoms with Crippen LogP contribution in [0.1, 0.15) is 92.2 Å². The summed E-state index contributed by atoms with van der Waals surface area (Å²) < 4.78 is 95.4. The Hall–Kier alpha value is -4.38. The van der Waals surface area contributed by atoms with Crippen molar-refractivity contribution in [1.29, 1.82) is 0 Å². The molecule has 0 radical (unpaired) electrons. The maximum atomic E-state index is 14.9. The van der Waals surface area contributed by atoms with Crippen LogP contribution in [0.15, 0.2) is 54.0 Å². The topological polar surface area (TPSA) is 130 Å². The number of aromatic nitrogens is 1. The zero-order valence-corrected chi connectivity index (χ0v) is 31.3. The number of amides is 2. The first-order chi connectivity index (χ1) is 25.7. The van der Waals surface area contributed by atoms with Gasteiger partial charge in [0.05, 0.1) is 29.2 Å². The van der Waals surface area contributed by atoms with Gasteiger partial charge in [0, 0.05) is 49.3 Å². The number of hydrogen-bond acceptors (Lipinski definition) is 8. The Labute approximate surface area is 318 Å². The number of aliphatic carboxylic acids is 1. The number of nitrogens with zero attached hydrogens (tertiary/aromatic N) is 3. The van der Waals surface area contributed by atoms with Crippen LogP contribution >= 0.6 is 11.3 Å². The number of carbonyl (C=O) groups excluding carboxylic acids is 2. The molecule has 0 aliphatic carbocycles. The monoisotopic (exact) mass is 799 g/mol. The summed E-state index contributed by atoms with van der Waals surface area (Å²) in [5.41, 5.74) is -6.27. The molecule has 2 saturated heterocycles. The Kier molecular flexibility index (Phi) is 12.2. The lowest BCUT2D eigenvalue weighted by atomic mass is 9.78.